The van der Waals surface area contributed by atoms with Crippen molar-refractivity contribution in [2.45, 2.75) is 40.0 Å². The van der Waals surface area contributed by atoms with Gasteiger partial charge < -0.3 is 14.6 Å². The Kier molecular flexibility index (Phi) is 14.4. The van der Waals surface area contributed by atoms with Crippen LogP contribution >= 0.6 is 11.6 Å². The van der Waals surface area contributed by atoms with E-state index < -0.39 is 0 Å². The summed E-state index contributed by atoms with van der Waals surface area (Å²) in [5, 5.41) is 3.20. The number of nitrogens with zero attached hydrogens (tertiary/aromatic N) is 1. The van der Waals surface area contributed by atoms with Crippen LogP contribution in [0.1, 0.15) is 50.6 Å². The maximum Gasteiger partial charge on any atom is 0.194 e. The minimum Gasteiger partial charge on any atom is -0.442 e. The molecule has 0 radical (unpaired) electrons. The number of hydrogen-bond donors (Lipinski definition) is 1. The maximum absolute atomic E-state index is 9.87. The first-order valence-corrected chi connectivity index (χ1v) is 9.18. The summed E-state index contributed by atoms with van der Waals surface area (Å²) in [7, 11) is 1.90. The van der Waals surface area contributed by atoms with Crippen LogP contribution in [0.15, 0.2) is 52.8 Å². The molecule has 0 aliphatic carbocycles. The van der Waals surface area contributed by atoms with Gasteiger partial charge in [0.15, 0.2) is 17.3 Å². The molecule has 0 saturated carbocycles. The van der Waals surface area contributed by atoms with E-state index in [1.807, 2.05) is 39.2 Å². The Labute approximate surface area is 157 Å². The highest BCUT2D eigenvalue weighted by Gasteiger charge is 2.08. The second-order valence-electron chi connectivity index (χ2n) is 5.15. The molecule has 1 aromatic heterocycles. The van der Waals surface area contributed by atoms with Gasteiger partial charge in [-0.3, -0.25) is 4.79 Å². The van der Waals surface area contributed by atoms with Gasteiger partial charge in [-0.2, -0.15) is 0 Å². The number of piperidine rings is 1. The first kappa shape index (κ1) is 23.1. The van der Waals surface area contributed by atoms with E-state index >= 15 is 0 Å². The summed E-state index contributed by atoms with van der Waals surface area (Å²) in [6.45, 7) is 8.64. The van der Waals surface area contributed by atoms with Gasteiger partial charge >= 0.3 is 0 Å². The molecule has 2 rings (SSSR count). The van der Waals surface area contributed by atoms with E-state index in [9.17, 15) is 4.79 Å². The summed E-state index contributed by atoms with van der Waals surface area (Å²) in [4.78, 5) is 12.3. The molecule has 1 aromatic rings. The molecule has 140 valence electrons. The third kappa shape index (κ3) is 11.3. The Morgan fingerprint density at radius 1 is 1.16 bits per heavy atom. The van der Waals surface area contributed by atoms with Gasteiger partial charge in [0.2, 0.25) is 0 Å². The lowest BCUT2D eigenvalue weighted by Crippen LogP contribution is -2.27. The number of halogens is 1. The molecule has 5 heteroatoms. The molecule has 1 fully saturated rings. The molecule has 0 amide bonds. The average Bonchev–Trinajstić information content (AvgIpc) is 3.10. The van der Waals surface area contributed by atoms with Gasteiger partial charge in [0.05, 0.1) is 0 Å². The molecule has 1 aliphatic heterocycles. The van der Waals surface area contributed by atoms with E-state index in [-0.39, 0.29) is 11.0 Å². The first-order chi connectivity index (χ1) is 12.2. The van der Waals surface area contributed by atoms with E-state index in [0.29, 0.717) is 6.29 Å². The molecule has 1 aliphatic rings. The van der Waals surface area contributed by atoms with Crippen LogP contribution in [0.4, 0.5) is 0 Å². The topological polar surface area (TPSA) is 45.5 Å². The highest BCUT2D eigenvalue weighted by atomic mass is 35.5. The molecule has 1 N–H and O–H groups in total. The molecular formula is C20H31ClN2O2. The number of allylic oxidation sites excluding steroid dienone is 5. The standard InChI is InChI=1S/C13H22N2.C5H3ClO2.C2H6/c1-13(9-5-3-6-10-14-2)15-11-7-4-8-12-15;6-5-2-1-4(3-7)8-5;1-2/h3,5-6,9-10,14H,4,7-8,11-12H2,1-2H3;1-3H;1-2H3/b5-3-,10-6+,13-9+;;. The number of hydrogen-bond acceptors (Lipinski definition) is 4. The summed E-state index contributed by atoms with van der Waals surface area (Å²) in [5.74, 6) is 0.259. The van der Waals surface area contributed by atoms with Crippen LogP contribution in [0.25, 0.3) is 0 Å². The van der Waals surface area contributed by atoms with Crippen molar-refractivity contribution in [1.82, 2.24) is 10.2 Å². The fourth-order valence-electron chi connectivity index (χ4n) is 2.15. The number of aldehydes is 1. The molecule has 0 bridgehead atoms. The molecular weight excluding hydrogens is 336 g/mol. The molecule has 2 heterocycles. The zero-order valence-corrected chi connectivity index (χ0v) is 16.6. The largest absolute Gasteiger partial charge is 0.442 e. The molecule has 0 atom stereocenters. The van der Waals surface area contributed by atoms with Crippen molar-refractivity contribution in [3.05, 3.63) is 59.3 Å². The predicted octanol–water partition coefficient (Wildman–Crippen LogP) is 5.44. The zero-order valence-electron chi connectivity index (χ0n) is 15.8. The number of rotatable bonds is 5. The Balaban J connectivity index is 0.000000483. The molecule has 4 nitrogen and oxygen atoms in total. The molecule has 0 aromatic carbocycles. The van der Waals surface area contributed by atoms with Crippen LogP contribution in [0.3, 0.4) is 0 Å². The van der Waals surface area contributed by atoms with Crippen LogP contribution in [0.5, 0.6) is 0 Å². The van der Waals surface area contributed by atoms with Gasteiger partial charge in [-0.15, -0.1) is 0 Å². The van der Waals surface area contributed by atoms with Gasteiger partial charge in [-0.25, -0.2) is 0 Å². The van der Waals surface area contributed by atoms with Crippen molar-refractivity contribution >= 4 is 17.9 Å². The number of carbonyl (C=O) groups is 1. The molecule has 0 spiro atoms. The van der Waals surface area contributed by atoms with E-state index in [2.05, 4.69) is 33.7 Å². The minimum atomic E-state index is 0.243. The van der Waals surface area contributed by atoms with Gasteiger partial charge in [0.25, 0.3) is 0 Å². The van der Waals surface area contributed by atoms with Crippen molar-refractivity contribution in [2.24, 2.45) is 0 Å². The van der Waals surface area contributed by atoms with Gasteiger partial charge in [-0.05, 0) is 68.3 Å². The second kappa shape index (κ2) is 15.6. The Morgan fingerprint density at radius 3 is 2.32 bits per heavy atom. The van der Waals surface area contributed by atoms with E-state index in [0.717, 1.165) is 0 Å². The third-order valence-electron chi connectivity index (χ3n) is 3.39. The van der Waals surface area contributed by atoms with Crippen LogP contribution < -0.4 is 5.32 Å². The summed E-state index contributed by atoms with van der Waals surface area (Å²) < 4.78 is 4.63. The maximum atomic E-state index is 9.87. The third-order valence-corrected chi connectivity index (χ3v) is 3.59. The minimum absolute atomic E-state index is 0.243. The predicted molar refractivity (Wildman–Crippen MR) is 107 cm³/mol. The quantitative estimate of drug-likeness (QED) is 0.557. The van der Waals surface area contributed by atoms with Crippen LogP contribution in [0.2, 0.25) is 5.22 Å². The van der Waals surface area contributed by atoms with E-state index in [1.165, 1.54) is 50.2 Å². The smallest absolute Gasteiger partial charge is 0.194 e. The van der Waals surface area contributed by atoms with Crippen molar-refractivity contribution in [3.8, 4) is 0 Å². The van der Waals surface area contributed by atoms with Gasteiger partial charge in [0, 0.05) is 25.8 Å². The van der Waals surface area contributed by atoms with E-state index in [4.69, 9.17) is 11.6 Å². The normalized spacial score (nSPS) is 14.6. The summed E-state index contributed by atoms with van der Waals surface area (Å²) in [5.41, 5.74) is 1.38. The summed E-state index contributed by atoms with van der Waals surface area (Å²) >= 11 is 5.31. The lowest BCUT2D eigenvalue weighted by atomic mass is 10.1. The highest BCUT2D eigenvalue weighted by molar-refractivity contribution is 6.28. The van der Waals surface area contributed by atoms with Crippen LogP contribution in [-0.4, -0.2) is 31.3 Å². The van der Waals surface area contributed by atoms with Gasteiger partial charge in [0.1, 0.15) is 0 Å². The summed E-state index contributed by atoms with van der Waals surface area (Å²) in [6, 6.07) is 3.03. The van der Waals surface area contributed by atoms with Crippen molar-refractivity contribution in [2.75, 3.05) is 20.1 Å². The lowest BCUT2D eigenvalue weighted by molar-refractivity contribution is 0.110. The second-order valence-corrected chi connectivity index (χ2v) is 5.52. The van der Waals surface area contributed by atoms with Crippen molar-refractivity contribution < 1.29 is 9.21 Å². The number of carbonyl (C=O) groups excluding carboxylic acids is 1. The monoisotopic (exact) mass is 366 g/mol. The zero-order chi connectivity index (χ0) is 18.9. The highest BCUT2D eigenvalue weighted by Crippen LogP contribution is 2.14. The molecule has 1 saturated heterocycles. The van der Waals surface area contributed by atoms with E-state index in [1.54, 1.807) is 0 Å². The lowest BCUT2D eigenvalue weighted by Gasteiger charge is -2.29. The van der Waals surface area contributed by atoms with Crippen LogP contribution in [-0.2, 0) is 0 Å². The number of furan rings is 1. The Morgan fingerprint density at radius 2 is 1.84 bits per heavy atom. The molecule has 25 heavy (non-hydrogen) atoms. The fourth-order valence-corrected chi connectivity index (χ4v) is 2.31. The van der Waals surface area contributed by atoms with Crippen molar-refractivity contribution in [3.63, 3.8) is 0 Å². The Bertz CT molecular complexity index is 542. The SMILES string of the molecule is CC.CN/C=C/C=C\C=C(/C)N1CCCCC1.O=Cc1ccc(Cl)o1. The fraction of sp³-hybridized carbons (Fsp3) is 0.450. The number of nitrogens with one attached hydrogen (secondary N) is 1. The van der Waals surface area contributed by atoms with Crippen molar-refractivity contribution in [1.29, 1.82) is 0 Å². The first-order valence-electron chi connectivity index (χ1n) is 8.80. The van der Waals surface area contributed by atoms with Crippen LogP contribution in [0, 0.1) is 0 Å². The molecule has 0 unspecified atom stereocenters. The summed E-state index contributed by atoms with van der Waals surface area (Å²) in [6.07, 6.45) is 14.9. The van der Waals surface area contributed by atoms with Gasteiger partial charge in [-0.1, -0.05) is 26.0 Å². The number of likely N-dealkylation sites (tertiary alicyclic amines) is 1. The Hall–Kier alpha value is -1.94. The average molecular weight is 367 g/mol.